The van der Waals surface area contributed by atoms with Crippen LogP contribution in [0, 0.1) is 0 Å². The van der Waals surface area contributed by atoms with Gasteiger partial charge < -0.3 is 20.3 Å². The van der Waals surface area contributed by atoms with Crippen molar-refractivity contribution in [1.82, 2.24) is 0 Å². The monoisotopic (exact) mass is 459 g/mol. The van der Waals surface area contributed by atoms with Gasteiger partial charge in [0.25, 0.3) is 0 Å². The van der Waals surface area contributed by atoms with Crippen molar-refractivity contribution in [3.05, 3.63) is 101 Å². The molecule has 3 aromatic rings. The number of aryl methyl sites for hydroxylation is 1. The maximum Gasteiger partial charge on any atom is 0.338 e. The number of hydrogen-bond acceptors (Lipinski definition) is 5. The molecule has 0 aromatic heterocycles. The van der Waals surface area contributed by atoms with Crippen molar-refractivity contribution < 1.29 is 19.4 Å². The Kier molecular flexibility index (Phi) is 6.78. The van der Waals surface area contributed by atoms with Crippen LogP contribution in [0.2, 0.25) is 0 Å². The molecular formula is C29H33NO4. The maximum atomic E-state index is 12.1. The summed E-state index contributed by atoms with van der Waals surface area (Å²) < 4.78 is 10.4. The van der Waals surface area contributed by atoms with Gasteiger partial charge in [0, 0.05) is 5.56 Å². The minimum Gasteiger partial charge on any atom is -0.497 e. The van der Waals surface area contributed by atoms with Crippen LogP contribution in [0.4, 0.5) is 0 Å². The van der Waals surface area contributed by atoms with Crippen LogP contribution in [-0.2, 0) is 23.2 Å². The molecule has 0 saturated heterocycles. The second-order valence-electron chi connectivity index (χ2n) is 9.85. The molecule has 0 saturated carbocycles. The summed E-state index contributed by atoms with van der Waals surface area (Å²) in [4.78, 5) is 11.9. The molecule has 1 aliphatic rings. The number of esters is 1. The van der Waals surface area contributed by atoms with E-state index >= 15 is 0 Å². The molecule has 0 aliphatic carbocycles. The minimum atomic E-state index is -1.18. The van der Waals surface area contributed by atoms with Crippen LogP contribution in [0.3, 0.4) is 0 Å². The van der Waals surface area contributed by atoms with E-state index in [1.54, 1.807) is 13.2 Å². The summed E-state index contributed by atoms with van der Waals surface area (Å²) in [6.45, 7) is 4.53. The quantitative estimate of drug-likeness (QED) is 0.435. The van der Waals surface area contributed by atoms with Gasteiger partial charge in [0.15, 0.2) is 0 Å². The van der Waals surface area contributed by atoms with Gasteiger partial charge in [-0.3, -0.25) is 0 Å². The summed E-state index contributed by atoms with van der Waals surface area (Å²) in [5, 5.41) is 12.1. The van der Waals surface area contributed by atoms with Gasteiger partial charge in [-0.2, -0.15) is 0 Å². The first kappa shape index (κ1) is 24.0. The van der Waals surface area contributed by atoms with Crippen LogP contribution in [-0.4, -0.2) is 23.8 Å². The summed E-state index contributed by atoms with van der Waals surface area (Å²) >= 11 is 0. The van der Waals surface area contributed by atoms with Crippen LogP contribution in [0.5, 0.6) is 5.75 Å². The van der Waals surface area contributed by atoms with Gasteiger partial charge >= 0.3 is 5.97 Å². The first-order valence-electron chi connectivity index (χ1n) is 11.7. The van der Waals surface area contributed by atoms with E-state index < -0.39 is 11.6 Å². The van der Waals surface area contributed by atoms with Crippen molar-refractivity contribution in [2.45, 2.75) is 56.8 Å². The Hall–Kier alpha value is -3.15. The van der Waals surface area contributed by atoms with Crippen LogP contribution in [0.15, 0.2) is 72.8 Å². The third-order valence-electron chi connectivity index (χ3n) is 6.95. The third-order valence-corrected chi connectivity index (χ3v) is 6.95. The normalized spacial score (nSPS) is 15.9. The Morgan fingerprint density at radius 2 is 1.76 bits per heavy atom. The fraction of sp³-hybridized carbons (Fsp3) is 0.345. The molecule has 0 fully saturated rings. The van der Waals surface area contributed by atoms with Crippen molar-refractivity contribution in [3.8, 4) is 5.75 Å². The number of cyclic esters (lactones) is 1. The number of benzene rings is 3. The standard InChI is InChI=1S/C29H33NO4/c1-28(2,23-7-5-4-6-8-23)19-29(32,16-15-20-9-12-24(33-3)13-10-20)26(30)21-11-14-25-22(17-21)18-34-27(25)31/h4-14,17,26,32H,15-16,18-19,30H2,1-3H3. The summed E-state index contributed by atoms with van der Waals surface area (Å²) in [6, 6.07) is 23.0. The lowest BCUT2D eigenvalue weighted by Gasteiger charge is -2.41. The molecule has 178 valence electrons. The second-order valence-corrected chi connectivity index (χ2v) is 9.85. The first-order chi connectivity index (χ1) is 16.2. The third kappa shape index (κ3) is 5.01. The van der Waals surface area contributed by atoms with Gasteiger partial charge in [-0.15, -0.1) is 0 Å². The zero-order valence-electron chi connectivity index (χ0n) is 20.1. The Labute approximate surface area is 201 Å². The molecular weight excluding hydrogens is 426 g/mol. The number of methoxy groups -OCH3 is 1. The molecule has 0 spiro atoms. The predicted molar refractivity (Wildman–Crippen MR) is 133 cm³/mol. The van der Waals surface area contributed by atoms with Crippen molar-refractivity contribution >= 4 is 5.97 Å². The average molecular weight is 460 g/mol. The SMILES string of the molecule is COc1ccc(CCC(O)(CC(C)(C)c2ccccc2)C(N)c2ccc3c(c2)COC3=O)cc1. The molecule has 3 aromatic carbocycles. The Morgan fingerprint density at radius 3 is 2.44 bits per heavy atom. The zero-order valence-corrected chi connectivity index (χ0v) is 20.1. The van der Waals surface area contributed by atoms with Crippen molar-refractivity contribution in [2.75, 3.05) is 7.11 Å². The van der Waals surface area contributed by atoms with E-state index in [0.29, 0.717) is 24.8 Å². The molecule has 3 N–H and O–H groups in total. The number of ether oxygens (including phenoxy) is 2. The van der Waals surface area contributed by atoms with Crippen LogP contribution in [0.25, 0.3) is 0 Å². The smallest absolute Gasteiger partial charge is 0.338 e. The maximum absolute atomic E-state index is 12.1. The lowest BCUT2D eigenvalue weighted by atomic mass is 9.70. The molecule has 0 amide bonds. The number of carbonyl (C=O) groups is 1. The largest absolute Gasteiger partial charge is 0.497 e. The fourth-order valence-electron chi connectivity index (χ4n) is 4.92. The van der Waals surface area contributed by atoms with E-state index in [1.165, 1.54) is 0 Å². The highest BCUT2D eigenvalue weighted by atomic mass is 16.5. The van der Waals surface area contributed by atoms with Crippen molar-refractivity contribution in [3.63, 3.8) is 0 Å². The molecule has 1 heterocycles. The Balaban J connectivity index is 1.64. The highest BCUT2D eigenvalue weighted by Gasteiger charge is 2.41. The number of fused-ring (bicyclic) bond motifs is 1. The number of aliphatic hydroxyl groups is 1. The van der Waals surface area contributed by atoms with Crippen molar-refractivity contribution in [1.29, 1.82) is 0 Å². The molecule has 4 rings (SSSR count). The van der Waals surface area contributed by atoms with E-state index in [-0.39, 0.29) is 18.0 Å². The summed E-state index contributed by atoms with van der Waals surface area (Å²) in [5.41, 5.74) is 9.77. The highest BCUT2D eigenvalue weighted by molar-refractivity contribution is 5.93. The number of hydrogen-bond donors (Lipinski definition) is 2. The van der Waals surface area contributed by atoms with E-state index in [2.05, 4.69) is 26.0 Å². The van der Waals surface area contributed by atoms with Crippen molar-refractivity contribution in [2.24, 2.45) is 5.73 Å². The van der Waals surface area contributed by atoms with Crippen LogP contribution < -0.4 is 10.5 Å². The molecule has 0 radical (unpaired) electrons. The predicted octanol–water partition coefficient (Wildman–Crippen LogP) is 5.10. The summed E-state index contributed by atoms with van der Waals surface area (Å²) in [6.07, 6.45) is 1.64. The minimum absolute atomic E-state index is 0.245. The molecule has 2 unspecified atom stereocenters. The average Bonchev–Trinajstić information content (AvgIpc) is 3.23. The van der Waals surface area contributed by atoms with E-state index in [0.717, 1.165) is 28.0 Å². The van der Waals surface area contributed by atoms with Crippen LogP contribution >= 0.6 is 0 Å². The highest BCUT2D eigenvalue weighted by Crippen LogP contribution is 2.41. The van der Waals surface area contributed by atoms with E-state index in [9.17, 15) is 9.90 Å². The van der Waals surface area contributed by atoms with Gasteiger partial charge in [0.1, 0.15) is 12.4 Å². The number of nitrogens with two attached hydrogens (primary N) is 1. The Morgan fingerprint density at radius 1 is 1.06 bits per heavy atom. The second kappa shape index (κ2) is 9.61. The molecule has 5 nitrogen and oxygen atoms in total. The summed E-state index contributed by atoms with van der Waals surface area (Å²) in [7, 11) is 1.65. The fourth-order valence-corrected chi connectivity index (χ4v) is 4.92. The molecule has 1 aliphatic heterocycles. The molecule has 2 atom stereocenters. The van der Waals surface area contributed by atoms with Crippen LogP contribution in [0.1, 0.15) is 65.3 Å². The number of carbonyl (C=O) groups excluding carboxylic acids is 1. The van der Waals surface area contributed by atoms with Gasteiger partial charge in [-0.1, -0.05) is 62.4 Å². The molecule has 0 bridgehead atoms. The number of rotatable bonds is 9. The van der Waals surface area contributed by atoms with Gasteiger partial charge in [0.2, 0.25) is 0 Å². The van der Waals surface area contributed by atoms with Gasteiger partial charge in [-0.25, -0.2) is 4.79 Å². The topological polar surface area (TPSA) is 81.8 Å². The van der Waals surface area contributed by atoms with E-state index in [4.69, 9.17) is 15.2 Å². The molecule has 34 heavy (non-hydrogen) atoms. The molecule has 5 heteroatoms. The first-order valence-corrected chi connectivity index (χ1v) is 11.7. The van der Waals surface area contributed by atoms with E-state index in [1.807, 2.05) is 54.6 Å². The van der Waals surface area contributed by atoms with Gasteiger partial charge in [0.05, 0.1) is 24.3 Å². The Bertz CT molecular complexity index is 1140. The lowest BCUT2D eigenvalue weighted by molar-refractivity contribution is -0.0193. The summed E-state index contributed by atoms with van der Waals surface area (Å²) in [5.74, 6) is 0.492. The zero-order chi connectivity index (χ0) is 24.3. The lowest BCUT2D eigenvalue weighted by Crippen LogP contribution is -2.46. The van der Waals surface area contributed by atoms with Gasteiger partial charge in [-0.05, 0) is 65.6 Å².